The van der Waals surface area contributed by atoms with Gasteiger partial charge in [-0.2, -0.15) is 0 Å². The number of esters is 1. The molecular formula is C20H24N2O6S. The maximum atomic E-state index is 13.1. The van der Waals surface area contributed by atoms with Gasteiger partial charge in [-0.3, -0.25) is 14.9 Å². The summed E-state index contributed by atoms with van der Waals surface area (Å²) in [6.45, 7) is 7.05. The van der Waals surface area contributed by atoms with Crippen LogP contribution in [0.4, 0.5) is 5.69 Å². The van der Waals surface area contributed by atoms with E-state index in [0.717, 1.165) is 5.56 Å². The molecule has 8 nitrogen and oxygen atoms in total. The molecule has 156 valence electrons. The first-order valence-corrected chi connectivity index (χ1v) is 10.5. The fourth-order valence-corrected chi connectivity index (χ4v) is 4.98. The molecule has 0 aromatic heterocycles. The lowest BCUT2D eigenvalue weighted by Gasteiger charge is -2.20. The Morgan fingerprint density at radius 2 is 1.79 bits per heavy atom. The first-order chi connectivity index (χ1) is 13.5. The highest BCUT2D eigenvalue weighted by molar-refractivity contribution is 7.89. The molecule has 0 spiro atoms. The minimum Gasteiger partial charge on any atom is -0.466 e. The number of aryl methyl sites for hydroxylation is 3. The van der Waals surface area contributed by atoms with Gasteiger partial charge in [-0.15, -0.1) is 0 Å². The van der Waals surface area contributed by atoms with Crippen LogP contribution in [0.1, 0.15) is 41.6 Å². The number of carbonyl (C=O) groups excluding carboxylic acids is 1. The van der Waals surface area contributed by atoms with Crippen molar-refractivity contribution in [1.29, 1.82) is 0 Å². The van der Waals surface area contributed by atoms with Gasteiger partial charge in [-0.25, -0.2) is 13.1 Å². The van der Waals surface area contributed by atoms with Crippen molar-refractivity contribution in [2.75, 3.05) is 6.61 Å². The third-order valence-electron chi connectivity index (χ3n) is 4.33. The molecule has 1 atom stereocenters. The zero-order valence-corrected chi connectivity index (χ0v) is 17.6. The average molecular weight is 420 g/mol. The van der Waals surface area contributed by atoms with Gasteiger partial charge in [0.2, 0.25) is 10.0 Å². The predicted octanol–water partition coefficient (Wildman–Crippen LogP) is 3.49. The number of rotatable bonds is 8. The van der Waals surface area contributed by atoms with Gasteiger partial charge in [-0.05, 0) is 44.4 Å². The Balaban J connectivity index is 2.48. The summed E-state index contributed by atoms with van der Waals surface area (Å²) in [6.07, 6.45) is -0.293. The number of nitrogens with zero attached hydrogens (tertiary/aromatic N) is 1. The Hall–Kier alpha value is -2.78. The molecule has 0 heterocycles. The van der Waals surface area contributed by atoms with Crippen LogP contribution in [0.25, 0.3) is 0 Å². The van der Waals surface area contributed by atoms with Crippen molar-refractivity contribution in [3.8, 4) is 0 Å². The number of carbonyl (C=O) groups is 1. The molecule has 2 aromatic carbocycles. The number of benzene rings is 2. The minimum absolute atomic E-state index is 0.127. The summed E-state index contributed by atoms with van der Waals surface area (Å²) in [5.74, 6) is -0.607. The Bertz CT molecular complexity index is 1010. The van der Waals surface area contributed by atoms with Crippen LogP contribution in [0.2, 0.25) is 0 Å². The molecule has 0 radical (unpaired) electrons. The SMILES string of the molecule is CCOC(=O)C[C@@H](NS(=O)(=O)c1c(C)cc(C)cc1C)c1cccc([N+](=O)[O-])c1. The number of hydrogen-bond donors (Lipinski definition) is 1. The van der Waals surface area contributed by atoms with E-state index in [2.05, 4.69) is 4.72 Å². The Kier molecular flexibility index (Phi) is 7.10. The Labute approximate surface area is 170 Å². The lowest BCUT2D eigenvalue weighted by Crippen LogP contribution is -2.31. The quantitative estimate of drug-likeness (QED) is 0.397. The summed E-state index contributed by atoms with van der Waals surface area (Å²) < 4.78 is 33.7. The van der Waals surface area contributed by atoms with E-state index in [1.54, 1.807) is 32.9 Å². The third-order valence-corrected chi connectivity index (χ3v) is 6.11. The monoisotopic (exact) mass is 420 g/mol. The topological polar surface area (TPSA) is 116 Å². The second-order valence-corrected chi connectivity index (χ2v) is 8.41. The molecule has 0 unspecified atom stereocenters. The number of nitro benzene ring substituents is 1. The number of non-ortho nitro benzene ring substituents is 1. The van der Waals surface area contributed by atoms with Crippen LogP contribution >= 0.6 is 0 Å². The molecule has 2 aromatic rings. The van der Waals surface area contributed by atoms with Crippen LogP contribution in [0, 0.1) is 30.9 Å². The zero-order valence-electron chi connectivity index (χ0n) is 16.8. The number of nitro groups is 1. The molecule has 0 aliphatic rings. The van der Waals surface area contributed by atoms with Gasteiger partial charge in [0.15, 0.2) is 0 Å². The Morgan fingerprint density at radius 3 is 2.34 bits per heavy atom. The largest absolute Gasteiger partial charge is 0.466 e. The third kappa shape index (κ3) is 5.61. The summed E-state index contributed by atoms with van der Waals surface area (Å²) in [5.41, 5.74) is 2.19. The summed E-state index contributed by atoms with van der Waals surface area (Å²) >= 11 is 0. The van der Waals surface area contributed by atoms with Crippen LogP contribution in [-0.4, -0.2) is 25.9 Å². The van der Waals surface area contributed by atoms with Crippen LogP contribution in [0.15, 0.2) is 41.3 Å². The first-order valence-electron chi connectivity index (χ1n) is 9.05. The molecule has 2 rings (SSSR count). The van der Waals surface area contributed by atoms with E-state index < -0.39 is 27.0 Å². The summed E-state index contributed by atoms with van der Waals surface area (Å²) in [4.78, 5) is 22.7. The van der Waals surface area contributed by atoms with E-state index in [-0.39, 0.29) is 23.6 Å². The molecule has 0 aliphatic heterocycles. The van der Waals surface area contributed by atoms with Gasteiger partial charge in [0.25, 0.3) is 5.69 Å². The molecule has 0 amide bonds. The van der Waals surface area contributed by atoms with Crippen molar-refractivity contribution in [2.45, 2.75) is 45.1 Å². The number of ether oxygens (including phenoxy) is 1. The summed E-state index contributed by atoms with van der Waals surface area (Å²) in [5, 5.41) is 11.1. The smallest absolute Gasteiger partial charge is 0.307 e. The van der Waals surface area contributed by atoms with E-state index in [1.807, 2.05) is 6.92 Å². The summed E-state index contributed by atoms with van der Waals surface area (Å²) in [7, 11) is -4.01. The molecule has 1 N–H and O–H groups in total. The van der Waals surface area contributed by atoms with Crippen molar-refractivity contribution in [1.82, 2.24) is 4.72 Å². The molecule has 0 aliphatic carbocycles. The number of sulfonamides is 1. The van der Waals surface area contributed by atoms with Gasteiger partial charge in [0, 0.05) is 12.1 Å². The molecule has 0 saturated heterocycles. The molecule has 0 saturated carbocycles. The molecule has 0 fully saturated rings. The second kappa shape index (κ2) is 9.15. The Morgan fingerprint density at radius 1 is 1.17 bits per heavy atom. The first kappa shape index (κ1) is 22.5. The lowest BCUT2D eigenvalue weighted by atomic mass is 10.0. The van der Waals surface area contributed by atoms with Crippen molar-refractivity contribution >= 4 is 21.7 Å². The normalized spacial score (nSPS) is 12.4. The number of nitrogens with one attached hydrogen (secondary N) is 1. The standard InChI is InChI=1S/C20H24N2O6S/c1-5-28-19(23)12-18(16-7-6-8-17(11-16)22(24)25)21-29(26,27)20-14(3)9-13(2)10-15(20)4/h6-11,18,21H,5,12H2,1-4H3/t18-/m1/s1. The second-order valence-electron chi connectivity index (χ2n) is 6.76. The van der Waals surface area contributed by atoms with Crippen molar-refractivity contribution in [3.05, 3.63) is 68.8 Å². The van der Waals surface area contributed by atoms with Crippen LogP contribution in [0.3, 0.4) is 0 Å². The highest BCUT2D eigenvalue weighted by Crippen LogP contribution is 2.27. The van der Waals surface area contributed by atoms with Crippen molar-refractivity contribution < 1.29 is 22.9 Å². The van der Waals surface area contributed by atoms with Gasteiger partial charge in [0.1, 0.15) is 0 Å². The van der Waals surface area contributed by atoms with Crippen LogP contribution < -0.4 is 4.72 Å². The van der Waals surface area contributed by atoms with Gasteiger partial charge in [-0.1, -0.05) is 29.8 Å². The highest BCUT2D eigenvalue weighted by atomic mass is 32.2. The molecule has 29 heavy (non-hydrogen) atoms. The van der Waals surface area contributed by atoms with E-state index in [0.29, 0.717) is 16.7 Å². The van der Waals surface area contributed by atoms with Crippen LogP contribution in [-0.2, 0) is 19.6 Å². The lowest BCUT2D eigenvalue weighted by molar-refractivity contribution is -0.384. The maximum absolute atomic E-state index is 13.1. The van der Waals surface area contributed by atoms with E-state index in [4.69, 9.17) is 4.74 Å². The molecule has 9 heteroatoms. The van der Waals surface area contributed by atoms with E-state index in [9.17, 15) is 23.3 Å². The molecular weight excluding hydrogens is 396 g/mol. The van der Waals surface area contributed by atoms with Gasteiger partial charge < -0.3 is 4.74 Å². The van der Waals surface area contributed by atoms with Crippen molar-refractivity contribution in [2.24, 2.45) is 0 Å². The maximum Gasteiger partial charge on any atom is 0.307 e. The summed E-state index contributed by atoms with van der Waals surface area (Å²) in [6, 6.07) is 8.04. The average Bonchev–Trinajstić information content (AvgIpc) is 2.60. The van der Waals surface area contributed by atoms with Crippen LogP contribution in [0.5, 0.6) is 0 Å². The van der Waals surface area contributed by atoms with Crippen molar-refractivity contribution in [3.63, 3.8) is 0 Å². The zero-order chi connectivity index (χ0) is 21.8. The number of hydrogen-bond acceptors (Lipinski definition) is 6. The highest BCUT2D eigenvalue weighted by Gasteiger charge is 2.27. The van der Waals surface area contributed by atoms with E-state index >= 15 is 0 Å². The fraction of sp³-hybridized carbons (Fsp3) is 0.350. The van der Waals surface area contributed by atoms with E-state index in [1.165, 1.54) is 24.3 Å². The van der Waals surface area contributed by atoms with Gasteiger partial charge >= 0.3 is 5.97 Å². The fourth-order valence-electron chi connectivity index (χ4n) is 3.31. The molecule has 0 bridgehead atoms. The van der Waals surface area contributed by atoms with Gasteiger partial charge in [0.05, 0.1) is 28.9 Å². The predicted molar refractivity (Wildman–Crippen MR) is 108 cm³/mol. The minimum atomic E-state index is -4.01.